The number of pyridine rings is 1. The summed E-state index contributed by atoms with van der Waals surface area (Å²) in [5.41, 5.74) is 5.61. The summed E-state index contributed by atoms with van der Waals surface area (Å²) in [4.78, 5) is 16.6. The lowest BCUT2D eigenvalue weighted by Crippen LogP contribution is -2.38. The fourth-order valence-corrected chi connectivity index (χ4v) is 2.21. The summed E-state index contributed by atoms with van der Waals surface area (Å²) in [6, 6.07) is 3.15. The lowest BCUT2D eigenvalue weighted by Gasteiger charge is -2.34. The summed E-state index contributed by atoms with van der Waals surface area (Å²) in [7, 11) is 0. The van der Waals surface area contributed by atoms with Crippen molar-refractivity contribution in [2.45, 2.75) is 32.2 Å². The number of hydrogen-bond acceptors (Lipinski definition) is 5. The van der Waals surface area contributed by atoms with E-state index in [9.17, 15) is 10.1 Å². The van der Waals surface area contributed by atoms with Crippen molar-refractivity contribution in [2.75, 3.05) is 17.2 Å². The molecule has 0 aliphatic carbocycles. The predicted octanol–water partition coefficient (Wildman–Crippen LogP) is 1.95. The Labute approximate surface area is 99.6 Å². The molecule has 2 rings (SSSR count). The number of aromatic nitrogens is 1. The summed E-state index contributed by atoms with van der Waals surface area (Å²) in [6.45, 7) is 2.99. The summed E-state index contributed by atoms with van der Waals surface area (Å²) in [6.07, 6.45) is 3.38. The van der Waals surface area contributed by atoms with Gasteiger partial charge in [0.15, 0.2) is 0 Å². The Hall–Kier alpha value is -1.85. The quantitative estimate of drug-likeness (QED) is 0.626. The van der Waals surface area contributed by atoms with Gasteiger partial charge in [-0.15, -0.1) is 0 Å². The van der Waals surface area contributed by atoms with Gasteiger partial charge in [0, 0.05) is 12.6 Å². The van der Waals surface area contributed by atoms with Crippen LogP contribution in [-0.4, -0.2) is 22.5 Å². The summed E-state index contributed by atoms with van der Waals surface area (Å²) in [5.74, 6) is 0.816. The molecule has 2 N–H and O–H groups in total. The number of nitro groups is 1. The number of rotatable bonds is 2. The van der Waals surface area contributed by atoms with E-state index in [2.05, 4.69) is 16.8 Å². The van der Waals surface area contributed by atoms with Gasteiger partial charge < -0.3 is 10.6 Å². The Morgan fingerprint density at radius 2 is 2.29 bits per heavy atom. The molecule has 0 radical (unpaired) electrons. The van der Waals surface area contributed by atoms with Crippen LogP contribution in [-0.2, 0) is 0 Å². The van der Waals surface area contributed by atoms with Crippen LogP contribution in [0.3, 0.4) is 0 Å². The van der Waals surface area contributed by atoms with Gasteiger partial charge in [0.1, 0.15) is 11.6 Å². The van der Waals surface area contributed by atoms with E-state index in [0.29, 0.717) is 11.9 Å². The van der Waals surface area contributed by atoms with Crippen LogP contribution >= 0.6 is 0 Å². The lowest BCUT2D eigenvalue weighted by molar-refractivity contribution is -0.384. The van der Waals surface area contributed by atoms with Gasteiger partial charge in [-0.3, -0.25) is 10.1 Å². The van der Waals surface area contributed by atoms with Gasteiger partial charge in [0.05, 0.1) is 17.1 Å². The monoisotopic (exact) mass is 236 g/mol. The zero-order valence-corrected chi connectivity index (χ0v) is 9.80. The number of anilines is 2. The highest BCUT2D eigenvalue weighted by molar-refractivity contribution is 5.54. The molecule has 6 heteroatoms. The average Bonchev–Trinajstić information content (AvgIpc) is 2.28. The molecule has 0 bridgehead atoms. The summed E-state index contributed by atoms with van der Waals surface area (Å²) in [5, 5.41) is 10.8. The zero-order chi connectivity index (χ0) is 12.4. The number of nitrogens with two attached hydrogens (primary N) is 1. The van der Waals surface area contributed by atoms with Crippen LogP contribution in [0.15, 0.2) is 12.1 Å². The van der Waals surface area contributed by atoms with E-state index in [1.54, 1.807) is 0 Å². The maximum absolute atomic E-state index is 10.8. The minimum absolute atomic E-state index is 0.00488. The number of hydrogen-bond donors (Lipinski definition) is 1. The third-order valence-electron chi connectivity index (χ3n) is 3.12. The molecule has 1 fully saturated rings. The van der Waals surface area contributed by atoms with Crippen molar-refractivity contribution < 1.29 is 4.92 Å². The third-order valence-corrected chi connectivity index (χ3v) is 3.12. The molecule has 1 aliphatic heterocycles. The molecule has 1 aromatic heterocycles. The van der Waals surface area contributed by atoms with Gasteiger partial charge in [0.25, 0.3) is 5.69 Å². The third kappa shape index (κ3) is 2.46. The first-order chi connectivity index (χ1) is 8.08. The minimum atomic E-state index is -0.434. The van der Waals surface area contributed by atoms with Crippen molar-refractivity contribution in [3.05, 3.63) is 22.2 Å². The van der Waals surface area contributed by atoms with Crippen LogP contribution in [0, 0.1) is 10.1 Å². The number of nitrogen functional groups attached to an aromatic ring is 1. The second-order valence-corrected chi connectivity index (χ2v) is 4.40. The van der Waals surface area contributed by atoms with Gasteiger partial charge in [-0.25, -0.2) is 4.98 Å². The smallest absolute Gasteiger partial charge is 0.276 e. The molecule has 0 aromatic carbocycles. The summed E-state index contributed by atoms with van der Waals surface area (Å²) >= 11 is 0. The fraction of sp³-hybridized carbons (Fsp3) is 0.545. The second-order valence-electron chi connectivity index (χ2n) is 4.40. The van der Waals surface area contributed by atoms with Crippen LogP contribution < -0.4 is 10.6 Å². The molecule has 1 aliphatic rings. The largest absolute Gasteiger partial charge is 0.383 e. The molecule has 2 heterocycles. The molecule has 0 amide bonds. The Balaban J connectivity index is 2.33. The molecule has 1 unspecified atom stereocenters. The van der Waals surface area contributed by atoms with E-state index in [4.69, 9.17) is 5.73 Å². The molecule has 17 heavy (non-hydrogen) atoms. The van der Waals surface area contributed by atoms with Gasteiger partial charge in [-0.1, -0.05) is 0 Å². The molecule has 1 aromatic rings. The van der Waals surface area contributed by atoms with Crippen LogP contribution in [0.1, 0.15) is 26.2 Å². The lowest BCUT2D eigenvalue weighted by atomic mass is 10.0. The van der Waals surface area contributed by atoms with Crippen molar-refractivity contribution in [1.82, 2.24) is 4.98 Å². The Bertz CT molecular complexity index is 435. The first-order valence-corrected chi connectivity index (χ1v) is 5.76. The van der Waals surface area contributed by atoms with Gasteiger partial charge in [-0.2, -0.15) is 0 Å². The highest BCUT2D eigenvalue weighted by Crippen LogP contribution is 2.27. The molecule has 1 atom stereocenters. The molecule has 92 valence electrons. The predicted molar refractivity (Wildman–Crippen MR) is 66.0 cm³/mol. The Kier molecular flexibility index (Phi) is 3.12. The van der Waals surface area contributed by atoms with E-state index in [0.717, 1.165) is 19.4 Å². The van der Waals surface area contributed by atoms with Crippen LogP contribution in [0.25, 0.3) is 0 Å². The standard InChI is InChI=1S/C11H16N4O2/c1-8-4-2-3-5-14(8)11-7-9(15(16)17)6-10(12)13-11/h6-8H,2-5H2,1H3,(H2,12,13). The van der Waals surface area contributed by atoms with E-state index < -0.39 is 4.92 Å². The minimum Gasteiger partial charge on any atom is -0.383 e. The highest BCUT2D eigenvalue weighted by Gasteiger charge is 2.22. The van der Waals surface area contributed by atoms with Crippen molar-refractivity contribution >= 4 is 17.3 Å². The average molecular weight is 236 g/mol. The van der Waals surface area contributed by atoms with Gasteiger partial charge >= 0.3 is 0 Å². The normalized spacial score (nSPS) is 20.3. The molecular weight excluding hydrogens is 220 g/mol. The van der Waals surface area contributed by atoms with Crippen molar-refractivity contribution in [2.24, 2.45) is 0 Å². The topological polar surface area (TPSA) is 85.3 Å². The van der Waals surface area contributed by atoms with E-state index in [1.807, 2.05) is 0 Å². The molecular formula is C11H16N4O2. The van der Waals surface area contributed by atoms with Crippen molar-refractivity contribution in [1.29, 1.82) is 0 Å². The number of piperidine rings is 1. The van der Waals surface area contributed by atoms with Crippen LogP contribution in [0.2, 0.25) is 0 Å². The SMILES string of the molecule is CC1CCCCN1c1cc([N+](=O)[O-])cc(N)n1. The zero-order valence-electron chi connectivity index (χ0n) is 9.80. The first-order valence-electron chi connectivity index (χ1n) is 5.76. The molecule has 6 nitrogen and oxygen atoms in total. The van der Waals surface area contributed by atoms with Crippen LogP contribution in [0.4, 0.5) is 17.3 Å². The Morgan fingerprint density at radius 3 is 2.94 bits per heavy atom. The highest BCUT2D eigenvalue weighted by atomic mass is 16.6. The maximum Gasteiger partial charge on any atom is 0.276 e. The van der Waals surface area contributed by atoms with E-state index in [1.165, 1.54) is 18.6 Å². The Morgan fingerprint density at radius 1 is 1.53 bits per heavy atom. The van der Waals surface area contributed by atoms with Gasteiger partial charge in [-0.05, 0) is 26.2 Å². The maximum atomic E-state index is 10.8. The van der Waals surface area contributed by atoms with E-state index >= 15 is 0 Å². The van der Waals surface area contributed by atoms with Crippen LogP contribution in [0.5, 0.6) is 0 Å². The second kappa shape index (κ2) is 4.57. The van der Waals surface area contributed by atoms with Gasteiger partial charge in [0.2, 0.25) is 0 Å². The van der Waals surface area contributed by atoms with Crippen molar-refractivity contribution in [3.8, 4) is 0 Å². The first kappa shape index (κ1) is 11.6. The van der Waals surface area contributed by atoms with E-state index in [-0.39, 0.29) is 11.5 Å². The summed E-state index contributed by atoms with van der Waals surface area (Å²) < 4.78 is 0. The molecule has 1 saturated heterocycles. The molecule has 0 saturated carbocycles. The van der Waals surface area contributed by atoms with Crippen molar-refractivity contribution in [3.63, 3.8) is 0 Å². The molecule has 0 spiro atoms. The number of nitrogens with zero attached hydrogens (tertiary/aromatic N) is 3. The fourth-order valence-electron chi connectivity index (χ4n) is 2.21.